The molecule has 306 valence electrons. The highest BCUT2D eigenvalue weighted by Gasteiger charge is 2.21. The molecule has 1 aromatic heterocycles. The van der Waals surface area contributed by atoms with E-state index in [4.69, 9.17) is 0 Å². The van der Waals surface area contributed by atoms with E-state index in [-0.39, 0.29) is 0 Å². The number of hydrogen-bond donors (Lipinski definition) is 1. The van der Waals surface area contributed by atoms with Crippen molar-refractivity contribution in [2.45, 2.75) is 26.2 Å². The third kappa shape index (κ3) is 8.60. The average Bonchev–Trinajstić information content (AvgIpc) is 3.67. The molecule has 0 fully saturated rings. The maximum atomic E-state index is 9.69. The van der Waals surface area contributed by atoms with E-state index in [0.717, 1.165) is 76.0 Å². The summed E-state index contributed by atoms with van der Waals surface area (Å²) >= 11 is 0. The Morgan fingerprint density at radius 1 is 0.683 bits per heavy atom. The number of rotatable bonds is 11. The fourth-order valence-electron chi connectivity index (χ4n) is 8.90. The van der Waals surface area contributed by atoms with Crippen molar-refractivity contribution in [3.05, 3.63) is 259 Å². The SMILES string of the molecule is C=C\C=C/C(=C\C)C(/C=C/c1ccccc1)=C/C(=N)c1cc(C2=CC=C(N3CC/C=C\C(=C)c4ccccc43)CC2)cc(-c2ccc(-n3c4ccccc4c4ccccc43)cc2)c1. The second-order valence-electron chi connectivity index (χ2n) is 16.0. The largest absolute Gasteiger partial charge is 0.344 e. The number of hydrogen-bond acceptors (Lipinski definition) is 2. The van der Waals surface area contributed by atoms with Crippen molar-refractivity contribution in [3.63, 3.8) is 0 Å². The minimum atomic E-state index is 0.442. The van der Waals surface area contributed by atoms with Crippen molar-refractivity contribution in [2.75, 3.05) is 11.4 Å². The Balaban J connectivity index is 1.13. The van der Waals surface area contributed by atoms with Gasteiger partial charge in [0.1, 0.15) is 0 Å². The third-order valence-corrected chi connectivity index (χ3v) is 12.1. The maximum Gasteiger partial charge on any atom is 0.0618 e. The Morgan fingerprint density at radius 2 is 1.38 bits per heavy atom. The Labute approximate surface area is 371 Å². The molecule has 2 heterocycles. The number of nitrogens with one attached hydrogen (secondary N) is 1. The monoisotopic (exact) mass is 813 g/mol. The van der Waals surface area contributed by atoms with Crippen LogP contribution in [0.3, 0.4) is 0 Å². The van der Waals surface area contributed by atoms with Crippen LogP contribution < -0.4 is 4.90 Å². The first-order valence-corrected chi connectivity index (χ1v) is 21.8. The maximum absolute atomic E-state index is 9.69. The summed E-state index contributed by atoms with van der Waals surface area (Å²) in [6, 6.07) is 51.8. The number of nitrogens with zero attached hydrogens (tertiary/aromatic N) is 2. The number of benzene rings is 6. The van der Waals surface area contributed by atoms with Gasteiger partial charge < -0.3 is 14.9 Å². The standard InChI is InChI=1S/C60H51N3/c1-4-6-21-45(5-2)48(29-28-44-19-8-7-9-20-44)42-57(61)51-40-49(46-30-34-52(35-31-46)62-38-17-16-18-43(3)54-22-10-13-25-58(54)62)39-50(41-51)47-32-36-53(37-33-47)63-59-26-14-11-23-55(59)56-24-12-15-27-60(56)63/h4-16,18-30,32-34,36-37,39-42,61H,1,3,17,31,35,38H2,2H3/b18-16-,21-6-,29-28+,45-5+,48-42+,61-57?. The van der Waals surface area contributed by atoms with E-state index in [1.165, 1.54) is 44.3 Å². The van der Waals surface area contributed by atoms with E-state index >= 15 is 0 Å². The van der Waals surface area contributed by atoms with Crippen molar-refractivity contribution < 1.29 is 0 Å². The van der Waals surface area contributed by atoms with Gasteiger partial charge in [0, 0.05) is 45.5 Å². The summed E-state index contributed by atoms with van der Waals surface area (Å²) in [6.45, 7) is 11.2. The molecule has 63 heavy (non-hydrogen) atoms. The van der Waals surface area contributed by atoms with Crippen molar-refractivity contribution >= 4 is 50.4 Å². The Bertz CT molecular complexity index is 3050. The summed E-state index contributed by atoms with van der Waals surface area (Å²) in [5, 5.41) is 12.2. The van der Waals surface area contributed by atoms with E-state index in [1.54, 1.807) is 6.08 Å². The lowest BCUT2D eigenvalue weighted by Crippen LogP contribution is -2.26. The molecular formula is C60H51N3. The van der Waals surface area contributed by atoms with Crippen LogP contribution in [0.2, 0.25) is 0 Å². The van der Waals surface area contributed by atoms with Gasteiger partial charge in [-0.15, -0.1) is 0 Å². The first-order valence-electron chi connectivity index (χ1n) is 21.8. The van der Waals surface area contributed by atoms with Gasteiger partial charge in [0.25, 0.3) is 0 Å². The highest BCUT2D eigenvalue weighted by molar-refractivity contribution is 6.10. The topological polar surface area (TPSA) is 32.0 Å². The predicted molar refractivity (Wildman–Crippen MR) is 272 cm³/mol. The van der Waals surface area contributed by atoms with Gasteiger partial charge in [0.15, 0.2) is 0 Å². The normalized spacial score (nSPS) is 15.3. The number of anilines is 1. The highest BCUT2D eigenvalue weighted by atomic mass is 15.1. The summed E-state index contributed by atoms with van der Waals surface area (Å²) in [4.78, 5) is 2.47. The van der Waals surface area contributed by atoms with Crippen LogP contribution in [0, 0.1) is 5.41 Å². The predicted octanol–water partition coefficient (Wildman–Crippen LogP) is 15.7. The molecule has 0 unspecified atom stereocenters. The summed E-state index contributed by atoms with van der Waals surface area (Å²) in [6.07, 6.45) is 25.8. The smallest absolute Gasteiger partial charge is 0.0618 e. The molecule has 0 spiro atoms. The Morgan fingerprint density at radius 3 is 2.10 bits per heavy atom. The van der Waals surface area contributed by atoms with Crippen molar-refractivity contribution in [1.82, 2.24) is 4.57 Å². The second kappa shape index (κ2) is 18.5. The van der Waals surface area contributed by atoms with Crippen LogP contribution in [0.25, 0.3) is 55.8 Å². The van der Waals surface area contributed by atoms with Crippen molar-refractivity contribution in [1.29, 1.82) is 5.41 Å². The zero-order valence-corrected chi connectivity index (χ0v) is 35.8. The Kier molecular flexibility index (Phi) is 11.9. The third-order valence-electron chi connectivity index (χ3n) is 12.1. The van der Waals surface area contributed by atoms with Gasteiger partial charge in [-0.2, -0.15) is 0 Å². The van der Waals surface area contributed by atoms with E-state index < -0.39 is 0 Å². The average molecular weight is 814 g/mol. The highest BCUT2D eigenvalue weighted by Crippen LogP contribution is 2.38. The van der Waals surface area contributed by atoms with Gasteiger partial charge in [-0.3, -0.25) is 0 Å². The molecular weight excluding hydrogens is 763 g/mol. The van der Waals surface area contributed by atoms with Crippen LogP contribution >= 0.6 is 0 Å². The van der Waals surface area contributed by atoms with Crippen molar-refractivity contribution in [3.8, 4) is 16.8 Å². The summed E-state index contributed by atoms with van der Waals surface area (Å²) in [5.41, 5.74) is 17.2. The quantitative estimate of drug-likeness (QED) is 0.102. The van der Waals surface area contributed by atoms with E-state index in [9.17, 15) is 5.41 Å². The van der Waals surface area contributed by atoms with Crippen LogP contribution in [-0.4, -0.2) is 16.8 Å². The van der Waals surface area contributed by atoms with Gasteiger partial charge >= 0.3 is 0 Å². The number of allylic oxidation sites excluding steroid dienone is 14. The first kappa shape index (κ1) is 40.6. The molecule has 0 amide bonds. The number of para-hydroxylation sites is 3. The van der Waals surface area contributed by atoms with Crippen LogP contribution in [0.1, 0.15) is 48.4 Å². The van der Waals surface area contributed by atoms with E-state index in [2.05, 4.69) is 199 Å². The molecule has 3 nitrogen and oxygen atoms in total. The van der Waals surface area contributed by atoms with Gasteiger partial charge in [0.05, 0.1) is 16.7 Å². The van der Waals surface area contributed by atoms with Gasteiger partial charge in [-0.25, -0.2) is 0 Å². The molecule has 7 aromatic rings. The zero-order valence-electron chi connectivity index (χ0n) is 35.8. The van der Waals surface area contributed by atoms with Crippen LogP contribution in [0.4, 0.5) is 5.69 Å². The second-order valence-corrected chi connectivity index (χ2v) is 16.0. The van der Waals surface area contributed by atoms with Crippen molar-refractivity contribution in [2.24, 2.45) is 0 Å². The first-order chi connectivity index (χ1) is 31.0. The summed E-state index contributed by atoms with van der Waals surface area (Å²) in [7, 11) is 0. The zero-order chi connectivity index (χ0) is 43.1. The minimum absolute atomic E-state index is 0.442. The summed E-state index contributed by atoms with van der Waals surface area (Å²) < 4.78 is 2.36. The van der Waals surface area contributed by atoms with E-state index in [1.807, 2.05) is 37.3 Å². The molecule has 9 rings (SSSR count). The lowest BCUT2D eigenvalue weighted by Gasteiger charge is -2.32. The van der Waals surface area contributed by atoms with Crippen LogP contribution in [0.5, 0.6) is 0 Å². The Hall–Kier alpha value is -7.75. The van der Waals surface area contributed by atoms with Gasteiger partial charge in [-0.1, -0.05) is 165 Å². The lowest BCUT2D eigenvalue weighted by atomic mass is 9.89. The fraction of sp³-hybridized carbons (Fsp3) is 0.0833. The molecule has 1 N–H and O–H groups in total. The van der Waals surface area contributed by atoms with Crippen LogP contribution in [0.15, 0.2) is 236 Å². The molecule has 0 radical (unpaired) electrons. The minimum Gasteiger partial charge on any atom is -0.344 e. The number of fused-ring (bicyclic) bond motifs is 4. The fourth-order valence-corrected chi connectivity index (χ4v) is 8.90. The molecule has 1 aliphatic heterocycles. The number of aromatic nitrogens is 1. The van der Waals surface area contributed by atoms with Gasteiger partial charge in [-0.05, 0) is 131 Å². The van der Waals surface area contributed by atoms with Crippen LogP contribution in [-0.2, 0) is 0 Å². The molecule has 0 saturated carbocycles. The molecule has 1 aliphatic carbocycles. The molecule has 3 heteroatoms. The molecule has 0 atom stereocenters. The molecule has 6 aromatic carbocycles. The lowest BCUT2D eigenvalue weighted by molar-refractivity contribution is 0.821. The van der Waals surface area contributed by atoms with E-state index in [0.29, 0.717) is 5.71 Å². The van der Waals surface area contributed by atoms with Gasteiger partial charge in [0.2, 0.25) is 0 Å². The summed E-state index contributed by atoms with van der Waals surface area (Å²) in [5.74, 6) is 0. The molecule has 0 bridgehead atoms. The molecule has 2 aliphatic rings. The molecule has 0 saturated heterocycles.